The topological polar surface area (TPSA) is 87.2 Å². The number of hydrogen-bond donors (Lipinski definition) is 2. The highest BCUT2D eigenvalue weighted by Crippen LogP contribution is 2.26. The lowest BCUT2D eigenvalue weighted by Gasteiger charge is -2.28. The Labute approximate surface area is 142 Å². The van der Waals surface area contributed by atoms with Gasteiger partial charge in [-0.3, -0.25) is 14.6 Å². The third kappa shape index (κ3) is 4.43. The molecule has 0 unspecified atom stereocenters. The maximum absolute atomic E-state index is 12.3. The van der Waals surface area contributed by atoms with E-state index in [0.717, 1.165) is 44.5 Å². The maximum Gasteiger partial charge on any atom is 0.223 e. The van der Waals surface area contributed by atoms with Crippen LogP contribution in [0.25, 0.3) is 0 Å². The van der Waals surface area contributed by atoms with Gasteiger partial charge in [-0.1, -0.05) is 0 Å². The molecule has 2 amide bonds. The number of carbonyl (C=O) groups is 2. The fourth-order valence-corrected chi connectivity index (χ4v) is 3.48. The van der Waals surface area contributed by atoms with E-state index >= 15 is 0 Å². The first kappa shape index (κ1) is 16.7. The molecule has 1 aliphatic heterocycles. The first-order valence-corrected chi connectivity index (χ1v) is 8.80. The van der Waals surface area contributed by atoms with E-state index in [1.807, 2.05) is 4.90 Å². The second kappa shape index (κ2) is 8.08. The minimum absolute atomic E-state index is 0.0826. The number of likely N-dealkylation sites (tertiary alicyclic amines) is 1. The summed E-state index contributed by atoms with van der Waals surface area (Å²) in [4.78, 5) is 33.9. The number of rotatable bonds is 6. The van der Waals surface area contributed by atoms with E-state index in [4.69, 9.17) is 0 Å². The number of amides is 2. The molecule has 3 rings (SSSR count). The van der Waals surface area contributed by atoms with Gasteiger partial charge in [0.1, 0.15) is 5.82 Å². The Morgan fingerprint density at radius 3 is 2.75 bits per heavy atom. The summed E-state index contributed by atoms with van der Waals surface area (Å²) in [5.74, 6) is 1.21. The van der Waals surface area contributed by atoms with Gasteiger partial charge in [0.25, 0.3) is 0 Å². The molecule has 0 aromatic carbocycles. The molecule has 1 aromatic heterocycles. The van der Waals surface area contributed by atoms with Gasteiger partial charge >= 0.3 is 0 Å². The standard InChI is InChI=1S/C17H25N5O2/c23-16-2-1-10-22(16)11-9-20-17(24)13-3-5-14(6-4-13)21-15-12-18-7-8-19-15/h7-8,12-14H,1-6,9-11H2,(H,19,21)(H,20,24). The highest BCUT2D eigenvalue weighted by molar-refractivity contribution is 5.79. The Morgan fingerprint density at radius 2 is 2.08 bits per heavy atom. The van der Waals surface area contributed by atoms with Crippen molar-refractivity contribution in [3.05, 3.63) is 18.6 Å². The number of nitrogens with one attached hydrogen (secondary N) is 2. The predicted octanol–water partition coefficient (Wildman–Crippen LogP) is 1.19. The Hall–Kier alpha value is -2.18. The number of hydrogen-bond acceptors (Lipinski definition) is 5. The summed E-state index contributed by atoms with van der Waals surface area (Å²) < 4.78 is 0. The van der Waals surface area contributed by atoms with Crippen molar-refractivity contribution in [3.63, 3.8) is 0 Å². The molecule has 1 saturated carbocycles. The van der Waals surface area contributed by atoms with Crippen molar-refractivity contribution in [1.29, 1.82) is 0 Å². The van der Waals surface area contributed by atoms with Gasteiger partial charge in [0.15, 0.2) is 0 Å². The summed E-state index contributed by atoms with van der Waals surface area (Å²) in [5.41, 5.74) is 0. The van der Waals surface area contributed by atoms with Crippen LogP contribution in [-0.2, 0) is 9.59 Å². The average molecular weight is 331 g/mol. The quantitative estimate of drug-likeness (QED) is 0.817. The largest absolute Gasteiger partial charge is 0.366 e. The van der Waals surface area contributed by atoms with Gasteiger partial charge in [0.05, 0.1) is 6.20 Å². The minimum Gasteiger partial charge on any atom is -0.366 e. The number of aromatic nitrogens is 2. The molecule has 0 radical (unpaired) electrons. The van der Waals surface area contributed by atoms with Crippen molar-refractivity contribution in [3.8, 4) is 0 Å². The minimum atomic E-state index is 0.0826. The smallest absolute Gasteiger partial charge is 0.223 e. The van der Waals surface area contributed by atoms with Crippen LogP contribution in [-0.4, -0.2) is 52.4 Å². The Kier molecular flexibility index (Phi) is 5.61. The second-order valence-electron chi connectivity index (χ2n) is 6.56. The molecule has 0 atom stereocenters. The Balaban J connectivity index is 1.35. The van der Waals surface area contributed by atoms with Crippen LogP contribution in [0.5, 0.6) is 0 Å². The molecule has 2 fully saturated rings. The van der Waals surface area contributed by atoms with E-state index in [2.05, 4.69) is 20.6 Å². The zero-order valence-electron chi connectivity index (χ0n) is 13.9. The van der Waals surface area contributed by atoms with E-state index in [1.165, 1.54) is 0 Å². The fourth-order valence-electron chi connectivity index (χ4n) is 3.48. The first-order chi connectivity index (χ1) is 11.7. The number of carbonyl (C=O) groups excluding carboxylic acids is 2. The SMILES string of the molecule is O=C(NCCN1CCCC1=O)C1CCC(Nc2cnccn2)CC1. The summed E-state index contributed by atoms with van der Waals surface area (Å²) in [6.45, 7) is 2.02. The van der Waals surface area contributed by atoms with Crippen LogP contribution < -0.4 is 10.6 Å². The predicted molar refractivity (Wildman–Crippen MR) is 90.2 cm³/mol. The summed E-state index contributed by atoms with van der Waals surface area (Å²) in [7, 11) is 0. The molecule has 24 heavy (non-hydrogen) atoms. The van der Waals surface area contributed by atoms with Crippen molar-refractivity contribution in [2.75, 3.05) is 25.0 Å². The van der Waals surface area contributed by atoms with Crippen molar-refractivity contribution in [1.82, 2.24) is 20.2 Å². The van der Waals surface area contributed by atoms with Gasteiger partial charge in [-0.25, -0.2) is 4.98 Å². The van der Waals surface area contributed by atoms with Crippen molar-refractivity contribution in [2.24, 2.45) is 5.92 Å². The lowest BCUT2D eigenvalue weighted by Crippen LogP contribution is -2.40. The molecule has 1 aliphatic carbocycles. The van der Waals surface area contributed by atoms with Gasteiger partial charge in [0, 0.05) is 50.4 Å². The zero-order valence-corrected chi connectivity index (χ0v) is 13.9. The van der Waals surface area contributed by atoms with Crippen molar-refractivity contribution in [2.45, 2.75) is 44.6 Å². The Morgan fingerprint density at radius 1 is 1.25 bits per heavy atom. The first-order valence-electron chi connectivity index (χ1n) is 8.80. The molecule has 7 heteroatoms. The van der Waals surface area contributed by atoms with E-state index < -0.39 is 0 Å². The van der Waals surface area contributed by atoms with Crippen LogP contribution in [0, 0.1) is 5.92 Å². The van der Waals surface area contributed by atoms with Gasteiger partial charge in [0.2, 0.25) is 11.8 Å². The van der Waals surface area contributed by atoms with Crippen LogP contribution in [0.4, 0.5) is 5.82 Å². The third-order valence-corrected chi connectivity index (χ3v) is 4.87. The van der Waals surface area contributed by atoms with Gasteiger partial charge in [-0.05, 0) is 32.1 Å². The zero-order chi connectivity index (χ0) is 16.8. The molecule has 130 valence electrons. The van der Waals surface area contributed by atoms with Crippen LogP contribution in [0.2, 0.25) is 0 Å². The molecule has 1 aromatic rings. The molecule has 0 spiro atoms. The monoisotopic (exact) mass is 331 g/mol. The van der Waals surface area contributed by atoms with E-state index in [1.54, 1.807) is 18.6 Å². The lowest BCUT2D eigenvalue weighted by atomic mass is 9.85. The molecule has 1 saturated heterocycles. The highest BCUT2D eigenvalue weighted by Gasteiger charge is 2.26. The molecule has 2 heterocycles. The van der Waals surface area contributed by atoms with E-state index in [9.17, 15) is 9.59 Å². The average Bonchev–Trinajstić information content (AvgIpc) is 3.01. The van der Waals surface area contributed by atoms with Gasteiger partial charge in [-0.15, -0.1) is 0 Å². The molecule has 2 aliphatic rings. The van der Waals surface area contributed by atoms with Crippen LogP contribution in [0.1, 0.15) is 38.5 Å². The summed E-state index contributed by atoms with van der Waals surface area (Å²) in [6.07, 6.45) is 10.3. The van der Waals surface area contributed by atoms with Gasteiger partial charge < -0.3 is 15.5 Å². The van der Waals surface area contributed by atoms with Crippen LogP contribution in [0.3, 0.4) is 0 Å². The fraction of sp³-hybridized carbons (Fsp3) is 0.647. The second-order valence-corrected chi connectivity index (χ2v) is 6.56. The molecular formula is C17H25N5O2. The maximum atomic E-state index is 12.3. The molecular weight excluding hydrogens is 306 g/mol. The Bertz CT molecular complexity index is 557. The van der Waals surface area contributed by atoms with E-state index in [-0.39, 0.29) is 17.7 Å². The van der Waals surface area contributed by atoms with E-state index in [0.29, 0.717) is 25.6 Å². The summed E-state index contributed by atoms with van der Waals surface area (Å²) in [6, 6.07) is 0.355. The summed E-state index contributed by atoms with van der Waals surface area (Å²) in [5, 5.41) is 6.36. The normalized spacial score (nSPS) is 24.0. The van der Waals surface area contributed by atoms with Crippen molar-refractivity contribution < 1.29 is 9.59 Å². The third-order valence-electron chi connectivity index (χ3n) is 4.87. The van der Waals surface area contributed by atoms with Crippen molar-refractivity contribution >= 4 is 17.6 Å². The van der Waals surface area contributed by atoms with Crippen LogP contribution in [0.15, 0.2) is 18.6 Å². The summed E-state index contributed by atoms with van der Waals surface area (Å²) >= 11 is 0. The molecule has 7 nitrogen and oxygen atoms in total. The molecule has 2 N–H and O–H groups in total. The van der Waals surface area contributed by atoms with Crippen LogP contribution >= 0.6 is 0 Å². The lowest BCUT2D eigenvalue weighted by molar-refractivity contribution is -0.129. The highest BCUT2D eigenvalue weighted by atomic mass is 16.2. The van der Waals surface area contributed by atoms with Gasteiger partial charge in [-0.2, -0.15) is 0 Å². The number of nitrogens with zero attached hydrogens (tertiary/aromatic N) is 3. The number of anilines is 1. The molecule has 0 bridgehead atoms.